The van der Waals surface area contributed by atoms with E-state index in [0.29, 0.717) is 18.9 Å². The van der Waals surface area contributed by atoms with Gasteiger partial charge in [0, 0.05) is 31.7 Å². The quantitative estimate of drug-likeness (QED) is 0.801. The number of rotatable bonds is 5. The van der Waals surface area contributed by atoms with Crippen molar-refractivity contribution < 1.29 is 10.2 Å². The molecule has 1 atom stereocenters. The molecule has 0 saturated carbocycles. The van der Waals surface area contributed by atoms with Crippen molar-refractivity contribution in [2.75, 3.05) is 26.3 Å². The van der Waals surface area contributed by atoms with Crippen LogP contribution in [0.15, 0.2) is 24.3 Å². The zero-order valence-corrected chi connectivity index (χ0v) is 11.9. The molecule has 1 aliphatic heterocycles. The van der Waals surface area contributed by atoms with Crippen LogP contribution in [-0.2, 0) is 6.54 Å². The minimum atomic E-state index is 0.120. The second-order valence-electron chi connectivity index (χ2n) is 5.37. The van der Waals surface area contributed by atoms with Crippen molar-refractivity contribution in [1.82, 2.24) is 4.90 Å². The lowest BCUT2D eigenvalue weighted by Gasteiger charge is -2.15. The summed E-state index contributed by atoms with van der Waals surface area (Å²) in [6, 6.07) is 8.34. The maximum atomic E-state index is 8.97. The van der Waals surface area contributed by atoms with Crippen molar-refractivity contribution in [3.8, 4) is 11.8 Å². The van der Waals surface area contributed by atoms with E-state index < -0.39 is 0 Å². The molecular weight excluding hydrogens is 250 g/mol. The Hall–Kier alpha value is -1.34. The van der Waals surface area contributed by atoms with Crippen LogP contribution in [0.5, 0.6) is 0 Å². The van der Waals surface area contributed by atoms with Gasteiger partial charge in [0.2, 0.25) is 0 Å². The molecule has 0 aliphatic carbocycles. The molecule has 1 aromatic rings. The normalized spacial score (nSPS) is 18.8. The molecule has 0 amide bonds. The number of hydrogen-bond acceptors (Lipinski definition) is 3. The summed E-state index contributed by atoms with van der Waals surface area (Å²) >= 11 is 0. The van der Waals surface area contributed by atoms with E-state index in [0.717, 1.165) is 31.6 Å². The highest BCUT2D eigenvalue weighted by molar-refractivity contribution is 5.36. The first kappa shape index (κ1) is 15.1. The number of benzene rings is 1. The molecule has 20 heavy (non-hydrogen) atoms. The van der Waals surface area contributed by atoms with Gasteiger partial charge in [-0.25, -0.2) is 0 Å². The van der Waals surface area contributed by atoms with Crippen LogP contribution in [0.25, 0.3) is 0 Å². The van der Waals surface area contributed by atoms with Crippen molar-refractivity contribution in [3.05, 3.63) is 35.4 Å². The van der Waals surface area contributed by atoms with Crippen LogP contribution in [0, 0.1) is 17.8 Å². The van der Waals surface area contributed by atoms with Gasteiger partial charge >= 0.3 is 0 Å². The molecule has 0 aromatic heterocycles. The van der Waals surface area contributed by atoms with Gasteiger partial charge in [0.05, 0.1) is 6.61 Å². The SMILES string of the molecule is OCCC#Cc1ccc(CN2CCC(CCO)C2)cc1. The topological polar surface area (TPSA) is 43.7 Å². The first-order valence-electron chi connectivity index (χ1n) is 7.33. The predicted octanol–water partition coefficient (Wildman–Crippen LogP) is 1.62. The Labute approximate surface area is 121 Å². The van der Waals surface area contributed by atoms with Gasteiger partial charge in [-0.3, -0.25) is 4.90 Å². The first-order chi connectivity index (χ1) is 9.81. The number of hydrogen-bond donors (Lipinski definition) is 2. The summed E-state index contributed by atoms with van der Waals surface area (Å²) in [6.07, 6.45) is 2.66. The Morgan fingerprint density at radius 1 is 1.15 bits per heavy atom. The van der Waals surface area contributed by atoms with Crippen LogP contribution in [0.1, 0.15) is 30.4 Å². The summed E-state index contributed by atoms with van der Waals surface area (Å²) in [7, 11) is 0. The Kier molecular flexibility index (Phi) is 6.07. The smallest absolute Gasteiger partial charge is 0.0540 e. The van der Waals surface area contributed by atoms with Crippen LogP contribution in [0.2, 0.25) is 0 Å². The van der Waals surface area contributed by atoms with Gasteiger partial charge in [0.15, 0.2) is 0 Å². The molecule has 3 heteroatoms. The molecule has 2 N–H and O–H groups in total. The standard InChI is InChI=1S/C17H23NO2/c19-11-2-1-3-15-4-6-16(7-5-15)13-18-10-8-17(14-18)9-12-20/h4-7,17,19-20H,2,8-14H2. The van der Waals surface area contributed by atoms with E-state index in [4.69, 9.17) is 10.2 Å². The van der Waals surface area contributed by atoms with Gasteiger partial charge in [-0.1, -0.05) is 24.0 Å². The van der Waals surface area contributed by atoms with Crippen LogP contribution < -0.4 is 0 Å². The molecule has 0 bridgehead atoms. The largest absolute Gasteiger partial charge is 0.396 e. The second-order valence-corrected chi connectivity index (χ2v) is 5.37. The molecule has 1 aromatic carbocycles. The van der Waals surface area contributed by atoms with Gasteiger partial charge in [0.25, 0.3) is 0 Å². The molecule has 1 aliphatic rings. The summed E-state index contributed by atoms with van der Waals surface area (Å²) in [5, 5.41) is 17.7. The zero-order chi connectivity index (χ0) is 14.2. The minimum absolute atomic E-state index is 0.120. The fraction of sp³-hybridized carbons (Fsp3) is 0.529. The lowest BCUT2D eigenvalue weighted by molar-refractivity contribution is 0.249. The summed E-state index contributed by atoms with van der Waals surface area (Å²) in [6.45, 7) is 3.63. The summed E-state index contributed by atoms with van der Waals surface area (Å²) in [5.41, 5.74) is 2.31. The predicted molar refractivity (Wildman–Crippen MR) is 80.1 cm³/mol. The van der Waals surface area contributed by atoms with Gasteiger partial charge in [0.1, 0.15) is 0 Å². The molecular formula is C17H23NO2. The van der Waals surface area contributed by atoms with Crippen LogP contribution in [0.3, 0.4) is 0 Å². The summed E-state index contributed by atoms with van der Waals surface area (Å²) in [5.74, 6) is 6.62. The van der Waals surface area contributed by atoms with Crippen LogP contribution in [-0.4, -0.2) is 41.4 Å². The highest BCUT2D eigenvalue weighted by atomic mass is 16.3. The third-order valence-corrected chi connectivity index (χ3v) is 3.74. The van der Waals surface area contributed by atoms with Gasteiger partial charge < -0.3 is 10.2 Å². The maximum Gasteiger partial charge on any atom is 0.0540 e. The van der Waals surface area contributed by atoms with E-state index in [1.165, 1.54) is 12.0 Å². The maximum absolute atomic E-state index is 8.97. The zero-order valence-electron chi connectivity index (χ0n) is 11.9. The first-order valence-corrected chi connectivity index (χ1v) is 7.33. The molecule has 1 fully saturated rings. The highest BCUT2D eigenvalue weighted by Crippen LogP contribution is 2.21. The van der Waals surface area contributed by atoms with E-state index >= 15 is 0 Å². The fourth-order valence-electron chi connectivity index (χ4n) is 2.65. The van der Waals surface area contributed by atoms with Crippen molar-refractivity contribution in [2.45, 2.75) is 25.8 Å². The van der Waals surface area contributed by atoms with Crippen molar-refractivity contribution in [1.29, 1.82) is 0 Å². The van der Waals surface area contributed by atoms with E-state index in [1.54, 1.807) is 0 Å². The molecule has 0 spiro atoms. The molecule has 2 rings (SSSR count). The van der Waals surface area contributed by atoms with E-state index in [9.17, 15) is 0 Å². The monoisotopic (exact) mass is 273 g/mol. The highest BCUT2D eigenvalue weighted by Gasteiger charge is 2.21. The Bertz CT molecular complexity index is 458. The molecule has 3 nitrogen and oxygen atoms in total. The molecule has 0 radical (unpaired) electrons. The van der Waals surface area contributed by atoms with Crippen LogP contribution in [0.4, 0.5) is 0 Å². The third-order valence-electron chi connectivity index (χ3n) is 3.74. The molecule has 1 unspecified atom stereocenters. The van der Waals surface area contributed by atoms with E-state index in [2.05, 4.69) is 28.9 Å². The van der Waals surface area contributed by atoms with Gasteiger partial charge in [-0.05, 0) is 43.0 Å². The van der Waals surface area contributed by atoms with E-state index in [-0.39, 0.29) is 6.61 Å². The van der Waals surface area contributed by atoms with Crippen molar-refractivity contribution >= 4 is 0 Å². The Balaban J connectivity index is 1.84. The van der Waals surface area contributed by atoms with E-state index in [1.807, 2.05) is 12.1 Å². The molecule has 1 heterocycles. The minimum Gasteiger partial charge on any atom is -0.396 e. The molecule has 108 valence electrons. The summed E-state index contributed by atoms with van der Waals surface area (Å²) in [4.78, 5) is 2.45. The lowest BCUT2D eigenvalue weighted by atomic mass is 10.1. The number of aliphatic hydroxyl groups is 2. The summed E-state index contributed by atoms with van der Waals surface area (Å²) < 4.78 is 0. The average molecular weight is 273 g/mol. The second kappa shape index (κ2) is 8.06. The van der Waals surface area contributed by atoms with Gasteiger partial charge in [-0.15, -0.1) is 0 Å². The van der Waals surface area contributed by atoms with Gasteiger partial charge in [-0.2, -0.15) is 0 Å². The number of nitrogens with zero attached hydrogens (tertiary/aromatic N) is 1. The Morgan fingerprint density at radius 3 is 2.65 bits per heavy atom. The fourth-order valence-corrected chi connectivity index (χ4v) is 2.65. The molecule has 1 saturated heterocycles. The average Bonchev–Trinajstić information content (AvgIpc) is 2.89. The number of likely N-dealkylation sites (tertiary alicyclic amines) is 1. The number of aliphatic hydroxyl groups excluding tert-OH is 2. The third kappa shape index (κ3) is 4.64. The lowest BCUT2D eigenvalue weighted by Crippen LogP contribution is -2.20. The Morgan fingerprint density at radius 2 is 1.95 bits per heavy atom. The van der Waals surface area contributed by atoms with Crippen molar-refractivity contribution in [2.24, 2.45) is 5.92 Å². The van der Waals surface area contributed by atoms with Crippen LogP contribution >= 0.6 is 0 Å². The van der Waals surface area contributed by atoms with Crippen molar-refractivity contribution in [3.63, 3.8) is 0 Å².